The molecule has 0 unspecified atom stereocenters. The fourth-order valence-electron chi connectivity index (χ4n) is 0.839. The molecule has 0 aliphatic carbocycles. The number of ether oxygens (including phenoxy) is 1. The lowest BCUT2D eigenvalue weighted by Gasteiger charge is -1.97. The van der Waals surface area contributed by atoms with Crippen LogP contribution >= 0.6 is 8.20 Å². The van der Waals surface area contributed by atoms with E-state index in [2.05, 4.69) is 24.6 Å². The first kappa shape index (κ1) is 8.29. The van der Waals surface area contributed by atoms with Gasteiger partial charge < -0.3 is 4.74 Å². The fourth-order valence-corrected chi connectivity index (χ4v) is 1.31. The van der Waals surface area contributed by atoms with Gasteiger partial charge in [-0.05, 0) is 30.2 Å². The fraction of sp³-hybridized carbons (Fsp3) is 0.222. The Balaban J connectivity index is 2.82. The Kier molecular flexibility index (Phi) is 3.13. The summed E-state index contributed by atoms with van der Waals surface area (Å²) < 4.78 is 5.03. The van der Waals surface area contributed by atoms with E-state index in [4.69, 9.17) is 4.74 Å². The van der Waals surface area contributed by atoms with E-state index in [0.29, 0.717) is 0 Å². The molecule has 2 heteroatoms. The molecule has 0 aliphatic rings. The summed E-state index contributed by atoms with van der Waals surface area (Å²) in [6.07, 6.45) is 0. The average molecular weight is 166 g/mol. The molecule has 1 aromatic carbocycles. The van der Waals surface area contributed by atoms with Gasteiger partial charge >= 0.3 is 0 Å². The number of rotatable bonds is 2. The van der Waals surface area contributed by atoms with Crippen molar-refractivity contribution >= 4 is 14.0 Å². The van der Waals surface area contributed by atoms with Crippen LogP contribution in [0.1, 0.15) is 5.56 Å². The Morgan fingerprint density at radius 3 is 2.36 bits per heavy atom. The molecule has 0 radical (unpaired) electrons. The predicted octanol–water partition coefficient (Wildman–Crippen LogP) is 2.42. The van der Waals surface area contributed by atoms with Crippen LogP contribution in [0.4, 0.5) is 0 Å². The summed E-state index contributed by atoms with van der Waals surface area (Å²) in [4.78, 5) is 0. The van der Waals surface area contributed by atoms with E-state index in [1.54, 1.807) is 7.11 Å². The zero-order valence-electron chi connectivity index (χ0n) is 6.74. The van der Waals surface area contributed by atoms with Gasteiger partial charge in [-0.1, -0.05) is 12.1 Å². The van der Waals surface area contributed by atoms with Gasteiger partial charge in [0.1, 0.15) is 5.75 Å². The second-order valence-electron chi connectivity index (χ2n) is 2.16. The van der Waals surface area contributed by atoms with Crippen LogP contribution in [0.3, 0.4) is 0 Å². The van der Waals surface area contributed by atoms with Gasteiger partial charge in [0, 0.05) is 0 Å². The van der Waals surface area contributed by atoms with Crippen molar-refractivity contribution in [3.8, 4) is 5.75 Å². The standard InChI is InChI=1S/C9H11OP/c1-10-9-5-3-8(4-6-9)7-11-2/h3-7H,1-2H3. The Bertz CT molecular complexity index is 238. The van der Waals surface area contributed by atoms with Crippen molar-refractivity contribution in [2.45, 2.75) is 0 Å². The molecular formula is C9H11OP. The van der Waals surface area contributed by atoms with Crippen molar-refractivity contribution in [1.29, 1.82) is 0 Å². The van der Waals surface area contributed by atoms with Gasteiger partial charge in [0.25, 0.3) is 0 Å². The Labute approximate surface area is 68.8 Å². The van der Waals surface area contributed by atoms with Crippen LogP contribution in [0, 0.1) is 0 Å². The molecule has 0 spiro atoms. The maximum Gasteiger partial charge on any atom is 0.118 e. The molecule has 0 N–H and O–H groups in total. The first-order chi connectivity index (χ1) is 5.36. The molecule has 0 atom stereocenters. The van der Waals surface area contributed by atoms with E-state index in [9.17, 15) is 0 Å². The average Bonchev–Trinajstić information content (AvgIpc) is 2.07. The van der Waals surface area contributed by atoms with Crippen molar-refractivity contribution in [2.75, 3.05) is 13.8 Å². The highest BCUT2D eigenvalue weighted by Gasteiger charge is 1.88. The zero-order chi connectivity index (χ0) is 8.10. The molecule has 0 aromatic heterocycles. The molecule has 0 aliphatic heterocycles. The van der Waals surface area contributed by atoms with Gasteiger partial charge in [-0.2, -0.15) is 0 Å². The largest absolute Gasteiger partial charge is 0.497 e. The Hall–Kier alpha value is -0.810. The first-order valence-corrected chi connectivity index (χ1v) is 4.84. The maximum atomic E-state index is 5.03. The van der Waals surface area contributed by atoms with Gasteiger partial charge in [-0.3, -0.25) is 0 Å². The van der Waals surface area contributed by atoms with Gasteiger partial charge in [0.2, 0.25) is 0 Å². The quantitative estimate of drug-likeness (QED) is 0.613. The molecule has 0 fully saturated rings. The summed E-state index contributed by atoms with van der Waals surface area (Å²) >= 11 is 0. The van der Waals surface area contributed by atoms with E-state index < -0.39 is 0 Å². The van der Waals surface area contributed by atoms with Crippen LogP contribution in [0.25, 0.3) is 0 Å². The Morgan fingerprint density at radius 2 is 1.91 bits per heavy atom. The summed E-state index contributed by atoms with van der Waals surface area (Å²) in [5, 5.41) is 0. The van der Waals surface area contributed by atoms with Crippen molar-refractivity contribution in [3.63, 3.8) is 0 Å². The molecule has 0 saturated heterocycles. The van der Waals surface area contributed by atoms with Gasteiger partial charge in [0.15, 0.2) is 0 Å². The molecule has 58 valence electrons. The van der Waals surface area contributed by atoms with E-state index in [-0.39, 0.29) is 0 Å². The zero-order valence-corrected chi connectivity index (χ0v) is 7.64. The van der Waals surface area contributed by atoms with E-state index in [1.165, 1.54) is 13.8 Å². The molecule has 11 heavy (non-hydrogen) atoms. The number of hydrogen-bond donors (Lipinski definition) is 0. The van der Waals surface area contributed by atoms with Crippen LogP contribution < -0.4 is 4.74 Å². The molecule has 1 nitrogen and oxygen atoms in total. The van der Waals surface area contributed by atoms with Crippen molar-refractivity contribution in [2.24, 2.45) is 0 Å². The lowest BCUT2D eigenvalue weighted by Crippen LogP contribution is -1.82. The van der Waals surface area contributed by atoms with Gasteiger partial charge in [-0.15, -0.1) is 8.20 Å². The lowest BCUT2D eigenvalue weighted by atomic mass is 10.2. The van der Waals surface area contributed by atoms with Crippen LogP contribution in [0.15, 0.2) is 24.3 Å². The van der Waals surface area contributed by atoms with Crippen LogP contribution in [0.5, 0.6) is 5.75 Å². The summed E-state index contributed by atoms with van der Waals surface area (Å²) in [6.45, 7) is 2.10. The second kappa shape index (κ2) is 4.15. The van der Waals surface area contributed by atoms with Crippen molar-refractivity contribution in [1.82, 2.24) is 0 Å². The summed E-state index contributed by atoms with van der Waals surface area (Å²) in [7, 11) is 2.96. The number of benzene rings is 1. The number of hydrogen-bond acceptors (Lipinski definition) is 1. The minimum atomic E-state index is 0.912. The second-order valence-corrected chi connectivity index (χ2v) is 2.94. The molecular weight excluding hydrogens is 155 g/mol. The molecule has 1 aromatic rings. The molecule has 0 saturated carbocycles. The first-order valence-electron chi connectivity index (χ1n) is 3.43. The minimum Gasteiger partial charge on any atom is -0.497 e. The van der Waals surface area contributed by atoms with Crippen LogP contribution in [-0.4, -0.2) is 19.6 Å². The van der Waals surface area contributed by atoms with Gasteiger partial charge in [0.05, 0.1) is 7.11 Å². The molecule has 1 rings (SSSR count). The normalized spacial score (nSPS) is 10.4. The predicted molar refractivity (Wildman–Crippen MR) is 51.0 cm³/mol. The van der Waals surface area contributed by atoms with E-state index in [0.717, 1.165) is 5.75 Å². The third kappa shape index (κ3) is 2.36. The smallest absolute Gasteiger partial charge is 0.118 e. The monoisotopic (exact) mass is 166 g/mol. The number of methoxy groups -OCH3 is 1. The summed E-state index contributed by atoms with van der Waals surface area (Å²) in [5.41, 5.74) is 1.25. The SMILES string of the molecule is COc1ccc(/C=P\C)cc1. The van der Waals surface area contributed by atoms with Gasteiger partial charge in [-0.25, -0.2) is 0 Å². The summed E-state index contributed by atoms with van der Waals surface area (Å²) in [5.74, 6) is 3.06. The third-order valence-corrected chi connectivity index (χ3v) is 1.95. The Morgan fingerprint density at radius 1 is 1.27 bits per heavy atom. The van der Waals surface area contributed by atoms with E-state index >= 15 is 0 Å². The van der Waals surface area contributed by atoms with Crippen molar-refractivity contribution < 1.29 is 4.74 Å². The summed E-state index contributed by atoms with van der Waals surface area (Å²) in [6, 6.07) is 8.04. The van der Waals surface area contributed by atoms with Crippen LogP contribution in [-0.2, 0) is 0 Å². The topological polar surface area (TPSA) is 9.23 Å². The molecule has 0 heterocycles. The maximum absolute atomic E-state index is 5.03. The molecule has 0 amide bonds. The van der Waals surface area contributed by atoms with E-state index in [1.807, 2.05) is 12.1 Å². The van der Waals surface area contributed by atoms with Crippen LogP contribution in [0.2, 0.25) is 0 Å². The lowest BCUT2D eigenvalue weighted by molar-refractivity contribution is 0.415. The highest BCUT2D eigenvalue weighted by molar-refractivity contribution is 7.38. The van der Waals surface area contributed by atoms with Crippen molar-refractivity contribution in [3.05, 3.63) is 29.8 Å². The third-order valence-electron chi connectivity index (χ3n) is 1.39. The molecule has 0 bridgehead atoms. The highest BCUT2D eigenvalue weighted by Crippen LogP contribution is 2.10. The minimum absolute atomic E-state index is 0.912. The highest BCUT2D eigenvalue weighted by atomic mass is 31.1.